The van der Waals surface area contributed by atoms with Gasteiger partial charge in [-0.15, -0.1) is 0 Å². The second-order valence-electron chi connectivity index (χ2n) is 8.02. The third-order valence-corrected chi connectivity index (χ3v) is 6.23. The zero-order valence-electron chi connectivity index (χ0n) is 17.4. The molecule has 2 aliphatic rings. The molecule has 0 atom stereocenters. The number of piperidine rings is 1. The van der Waals surface area contributed by atoms with Crippen molar-refractivity contribution in [2.24, 2.45) is 5.92 Å². The molecular formula is C24H30N2O3. The van der Waals surface area contributed by atoms with Crippen LogP contribution in [0.5, 0.6) is 11.5 Å². The number of carbonyl (C=O) groups excluding carboxylic acids is 1. The molecule has 2 heterocycles. The Bertz CT molecular complexity index is 859. The van der Waals surface area contributed by atoms with Crippen molar-refractivity contribution >= 4 is 5.91 Å². The summed E-state index contributed by atoms with van der Waals surface area (Å²) in [5.41, 5.74) is 3.90. The molecule has 1 fully saturated rings. The van der Waals surface area contributed by atoms with Gasteiger partial charge >= 0.3 is 0 Å². The molecule has 0 saturated carbocycles. The molecule has 5 heteroatoms. The maximum atomic E-state index is 13.1. The molecule has 0 unspecified atom stereocenters. The Morgan fingerprint density at radius 3 is 2.41 bits per heavy atom. The number of nitrogens with zero attached hydrogens (tertiary/aromatic N) is 2. The van der Waals surface area contributed by atoms with Crippen molar-refractivity contribution in [1.82, 2.24) is 9.80 Å². The van der Waals surface area contributed by atoms with Gasteiger partial charge in [0.25, 0.3) is 0 Å². The number of benzene rings is 2. The molecule has 4 rings (SSSR count). The van der Waals surface area contributed by atoms with Gasteiger partial charge in [0.15, 0.2) is 11.5 Å². The summed E-state index contributed by atoms with van der Waals surface area (Å²) in [5, 5.41) is 0. The Morgan fingerprint density at radius 2 is 1.69 bits per heavy atom. The van der Waals surface area contributed by atoms with Crippen LogP contribution < -0.4 is 9.47 Å². The normalized spacial score (nSPS) is 17.7. The van der Waals surface area contributed by atoms with Gasteiger partial charge in [0.2, 0.25) is 5.91 Å². The van der Waals surface area contributed by atoms with E-state index in [-0.39, 0.29) is 5.92 Å². The third kappa shape index (κ3) is 4.40. The molecule has 0 radical (unpaired) electrons. The lowest BCUT2D eigenvalue weighted by Crippen LogP contribution is -2.44. The van der Waals surface area contributed by atoms with E-state index in [0.717, 1.165) is 63.5 Å². The van der Waals surface area contributed by atoms with Crippen LogP contribution in [0.15, 0.2) is 42.5 Å². The number of methoxy groups -OCH3 is 2. The first kappa shape index (κ1) is 19.8. The Morgan fingerprint density at radius 1 is 0.966 bits per heavy atom. The lowest BCUT2D eigenvalue weighted by Gasteiger charge is -2.36. The average molecular weight is 395 g/mol. The molecule has 0 aromatic heterocycles. The number of amides is 1. The van der Waals surface area contributed by atoms with Crippen LogP contribution in [-0.4, -0.2) is 49.6 Å². The zero-order chi connectivity index (χ0) is 20.2. The first-order valence-electron chi connectivity index (χ1n) is 10.5. The number of rotatable bonds is 5. The van der Waals surface area contributed by atoms with E-state index in [1.54, 1.807) is 14.2 Å². The standard InChI is InChI=1S/C24H30N2O3/c1-28-22-8-7-18(15-23(22)29-2)16-25-12-9-20(10-13-25)24(27)26-14-11-19-5-3-4-6-21(19)17-26/h3-8,15,20H,9-14,16-17H2,1-2H3. The van der Waals surface area contributed by atoms with Crippen molar-refractivity contribution in [3.8, 4) is 11.5 Å². The lowest BCUT2D eigenvalue weighted by molar-refractivity contribution is -0.138. The van der Waals surface area contributed by atoms with Crippen molar-refractivity contribution in [2.75, 3.05) is 33.9 Å². The van der Waals surface area contributed by atoms with Gasteiger partial charge in [-0.2, -0.15) is 0 Å². The number of hydrogen-bond donors (Lipinski definition) is 0. The molecule has 154 valence electrons. The van der Waals surface area contributed by atoms with E-state index in [2.05, 4.69) is 40.1 Å². The fraction of sp³-hybridized carbons (Fsp3) is 0.458. The van der Waals surface area contributed by atoms with Gasteiger partial charge in [0.1, 0.15) is 0 Å². The van der Waals surface area contributed by atoms with Gasteiger partial charge in [-0.1, -0.05) is 30.3 Å². The fourth-order valence-electron chi connectivity index (χ4n) is 4.52. The summed E-state index contributed by atoms with van der Waals surface area (Å²) < 4.78 is 10.7. The van der Waals surface area contributed by atoms with E-state index in [9.17, 15) is 4.79 Å². The number of ether oxygens (including phenoxy) is 2. The number of carbonyl (C=O) groups is 1. The molecule has 2 aliphatic heterocycles. The highest BCUT2D eigenvalue weighted by atomic mass is 16.5. The lowest BCUT2D eigenvalue weighted by atomic mass is 9.93. The third-order valence-electron chi connectivity index (χ3n) is 6.23. The van der Waals surface area contributed by atoms with Crippen LogP contribution in [0.4, 0.5) is 0 Å². The maximum absolute atomic E-state index is 13.1. The zero-order valence-corrected chi connectivity index (χ0v) is 17.4. The van der Waals surface area contributed by atoms with Gasteiger partial charge in [0.05, 0.1) is 14.2 Å². The smallest absolute Gasteiger partial charge is 0.226 e. The largest absolute Gasteiger partial charge is 0.493 e. The van der Waals surface area contributed by atoms with Crippen LogP contribution in [0.25, 0.3) is 0 Å². The maximum Gasteiger partial charge on any atom is 0.226 e. The molecule has 2 aromatic rings. The Kier molecular flexibility index (Phi) is 6.05. The summed E-state index contributed by atoms with van der Waals surface area (Å²) >= 11 is 0. The Balaban J connectivity index is 1.31. The van der Waals surface area contributed by atoms with E-state index in [0.29, 0.717) is 5.91 Å². The first-order chi connectivity index (χ1) is 14.2. The Labute approximate surface area is 173 Å². The van der Waals surface area contributed by atoms with Crippen molar-refractivity contribution < 1.29 is 14.3 Å². The highest BCUT2D eigenvalue weighted by molar-refractivity contribution is 5.79. The van der Waals surface area contributed by atoms with Crippen molar-refractivity contribution in [2.45, 2.75) is 32.4 Å². The van der Waals surface area contributed by atoms with Crippen molar-refractivity contribution in [3.05, 3.63) is 59.2 Å². The molecule has 0 bridgehead atoms. The summed E-state index contributed by atoms with van der Waals surface area (Å²) in [6.07, 6.45) is 2.84. The molecule has 1 saturated heterocycles. The molecule has 5 nitrogen and oxygen atoms in total. The average Bonchev–Trinajstić information content (AvgIpc) is 2.78. The monoisotopic (exact) mass is 394 g/mol. The van der Waals surface area contributed by atoms with Gasteiger partial charge in [-0.05, 0) is 61.2 Å². The van der Waals surface area contributed by atoms with Gasteiger partial charge in [-0.25, -0.2) is 0 Å². The minimum atomic E-state index is 0.155. The van der Waals surface area contributed by atoms with E-state index in [1.165, 1.54) is 16.7 Å². The van der Waals surface area contributed by atoms with Crippen LogP contribution in [0.3, 0.4) is 0 Å². The topological polar surface area (TPSA) is 42.0 Å². The van der Waals surface area contributed by atoms with Crippen LogP contribution in [0.1, 0.15) is 29.5 Å². The second kappa shape index (κ2) is 8.87. The second-order valence-corrected chi connectivity index (χ2v) is 8.02. The minimum absolute atomic E-state index is 0.155. The highest BCUT2D eigenvalue weighted by Gasteiger charge is 2.30. The van der Waals surface area contributed by atoms with Crippen LogP contribution >= 0.6 is 0 Å². The molecule has 0 spiro atoms. The highest BCUT2D eigenvalue weighted by Crippen LogP contribution is 2.29. The molecule has 2 aromatic carbocycles. The molecular weight excluding hydrogens is 364 g/mol. The molecule has 0 N–H and O–H groups in total. The number of fused-ring (bicyclic) bond motifs is 1. The molecule has 1 amide bonds. The van der Waals surface area contributed by atoms with E-state index >= 15 is 0 Å². The minimum Gasteiger partial charge on any atom is -0.493 e. The molecule has 0 aliphatic carbocycles. The predicted molar refractivity (Wildman–Crippen MR) is 113 cm³/mol. The predicted octanol–water partition coefficient (Wildman–Crippen LogP) is 3.50. The first-order valence-corrected chi connectivity index (χ1v) is 10.5. The molecule has 29 heavy (non-hydrogen) atoms. The quantitative estimate of drug-likeness (QED) is 0.778. The Hall–Kier alpha value is -2.53. The summed E-state index contributed by atoms with van der Waals surface area (Å²) in [6.45, 7) is 4.39. The summed E-state index contributed by atoms with van der Waals surface area (Å²) in [4.78, 5) is 17.6. The number of likely N-dealkylation sites (tertiary alicyclic amines) is 1. The van der Waals surface area contributed by atoms with Crippen molar-refractivity contribution in [1.29, 1.82) is 0 Å². The van der Waals surface area contributed by atoms with Crippen LogP contribution in [0, 0.1) is 5.92 Å². The van der Waals surface area contributed by atoms with E-state index in [4.69, 9.17) is 9.47 Å². The van der Waals surface area contributed by atoms with Gasteiger partial charge in [-0.3, -0.25) is 9.69 Å². The SMILES string of the molecule is COc1ccc(CN2CCC(C(=O)N3CCc4ccccc4C3)CC2)cc1OC. The number of hydrogen-bond acceptors (Lipinski definition) is 4. The van der Waals surface area contributed by atoms with Crippen LogP contribution in [0.2, 0.25) is 0 Å². The van der Waals surface area contributed by atoms with E-state index < -0.39 is 0 Å². The van der Waals surface area contributed by atoms with Gasteiger partial charge < -0.3 is 14.4 Å². The van der Waals surface area contributed by atoms with Gasteiger partial charge in [0, 0.05) is 25.6 Å². The summed E-state index contributed by atoms with van der Waals surface area (Å²) in [5.74, 6) is 2.01. The van der Waals surface area contributed by atoms with Crippen molar-refractivity contribution in [3.63, 3.8) is 0 Å². The summed E-state index contributed by atoms with van der Waals surface area (Å²) in [7, 11) is 3.32. The van der Waals surface area contributed by atoms with E-state index in [1.807, 2.05) is 12.1 Å². The van der Waals surface area contributed by atoms with Crippen LogP contribution in [-0.2, 0) is 24.3 Å². The fourth-order valence-corrected chi connectivity index (χ4v) is 4.52. The summed E-state index contributed by atoms with van der Waals surface area (Å²) in [6, 6.07) is 14.6.